The highest BCUT2D eigenvalue weighted by molar-refractivity contribution is 7.16. The van der Waals surface area contributed by atoms with Crippen LogP contribution in [0.1, 0.15) is 56.4 Å². The third kappa shape index (κ3) is 4.60. The van der Waals surface area contributed by atoms with Crippen molar-refractivity contribution in [2.24, 2.45) is 0 Å². The quantitative estimate of drug-likeness (QED) is 0.627. The molecule has 0 aliphatic heterocycles. The van der Waals surface area contributed by atoms with E-state index < -0.39 is 0 Å². The Hall–Kier alpha value is -2.99. The molecular formula is C24H25N3O2S. The van der Waals surface area contributed by atoms with Crippen molar-refractivity contribution in [1.82, 2.24) is 10.3 Å². The maximum atomic E-state index is 12.9. The highest BCUT2D eigenvalue weighted by atomic mass is 32.1. The summed E-state index contributed by atoms with van der Waals surface area (Å²) in [6.07, 6.45) is 2.63. The molecule has 30 heavy (non-hydrogen) atoms. The molecule has 2 aromatic carbocycles. The van der Waals surface area contributed by atoms with Gasteiger partial charge in [-0.05, 0) is 50.8 Å². The van der Waals surface area contributed by atoms with E-state index in [2.05, 4.69) is 15.6 Å². The molecule has 6 heteroatoms. The average molecular weight is 420 g/mol. The maximum Gasteiger partial charge on any atom is 0.257 e. The van der Waals surface area contributed by atoms with Crippen molar-refractivity contribution in [3.8, 4) is 0 Å². The lowest BCUT2D eigenvalue weighted by Crippen LogP contribution is -2.31. The van der Waals surface area contributed by atoms with E-state index >= 15 is 0 Å². The molecule has 3 aromatic rings. The van der Waals surface area contributed by atoms with Gasteiger partial charge in [0.25, 0.3) is 5.91 Å². The Balaban J connectivity index is 1.44. The van der Waals surface area contributed by atoms with Crippen molar-refractivity contribution < 1.29 is 9.59 Å². The number of amides is 2. The fourth-order valence-electron chi connectivity index (χ4n) is 3.62. The number of rotatable bonds is 5. The molecule has 1 aliphatic rings. The third-order valence-electron chi connectivity index (χ3n) is 5.39. The third-order valence-corrected chi connectivity index (χ3v) is 6.44. The number of aryl methyl sites for hydroxylation is 3. The van der Waals surface area contributed by atoms with Gasteiger partial charge in [0.05, 0.1) is 11.6 Å². The highest BCUT2D eigenvalue weighted by Gasteiger charge is 2.30. The summed E-state index contributed by atoms with van der Waals surface area (Å²) < 4.78 is 0. The highest BCUT2D eigenvalue weighted by Crippen LogP contribution is 2.37. The van der Waals surface area contributed by atoms with Gasteiger partial charge < -0.3 is 5.32 Å². The first-order valence-electron chi connectivity index (χ1n) is 10.2. The molecule has 1 heterocycles. The first-order valence-corrected chi connectivity index (χ1v) is 11.0. The molecule has 0 bridgehead atoms. The van der Waals surface area contributed by atoms with Crippen LogP contribution < -0.4 is 10.6 Å². The summed E-state index contributed by atoms with van der Waals surface area (Å²) in [5.41, 5.74) is 4.79. The molecule has 1 aromatic heterocycles. The molecule has 4 rings (SSSR count). The number of hydrogen-bond acceptors (Lipinski definition) is 4. The average Bonchev–Trinajstić information content (AvgIpc) is 3.16. The number of nitrogens with zero attached hydrogens (tertiary/aromatic N) is 1. The molecule has 0 fully saturated rings. The van der Waals surface area contributed by atoms with Crippen molar-refractivity contribution in [2.75, 3.05) is 5.32 Å². The summed E-state index contributed by atoms with van der Waals surface area (Å²) in [7, 11) is 0. The van der Waals surface area contributed by atoms with E-state index in [1.54, 1.807) is 12.1 Å². The van der Waals surface area contributed by atoms with Crippen molar-refractivity contribution in [3.63, 3.8) is 0 Å². The Morgan fingerprint density at radius 2 is 1.70 bits per heavy atom. The van der Waals surface area contributed by atoms with Gasteiger partial charge in [0, 0.05) is 17.0 Å². The van der Waals surface area contributed by atoms with Crippen LogP contribution in [-0.2, 0) is 17.8 Å². The number of fused-ring (bicyclic) bond motifs is 1. The molecule has 0 saturated carbocycles. The van der Waals surface area contributed by atoms with Crippen LogP contribution in [0.15, 0.2) is 48.5 Å². The lowest BCUT2D eigenvalue weighted by atomic mass is 9.90. The molecule has 1 atom stereocenters. The molecule has 2 N–H and O–H groups in total. The van der Waals surface area contributed by atoms with Crippen LogP contribution in [-0.4, -0.2) is 16.8 Å². The molecule has 0 spiro atoms. The van der Waals surface area contributed by atoms with Gasteiger partial charge in [0.2, 0.25) is 5.91 Å². The first kappa shape index (κ1) is 20.3. The number of thiazole rings is 1. The minimum absolute atomic E-state index is 0.00163. The first-order chi connectivity index (χ1) is 14.5. The van der Waals surface area contributed by atoms with Crippen molar-refractivity contribution in [3.05, 3.63) is 81.4 Å². The minimum Gasteiger partial charge on any atom is -0.351 e. The molecule has 0 saturated heterocycles. The largest absolute Gasteiger partial charge is 0.351 e. The Kier molecular flexibility index (Phi) is 5.95. The van der Waals surface area contributed by atoms with Gasteiger partial charge in [0.1, 0.15) is 0 Å². The number of carbonyl (C=O) groups is 2. The van der Waals surface area contributed by atoms with Crippen molar-refractivity contribution >= 4 is 28.3 Å². The van der Waals surface area contributed by atoms with E-state index in [9.17, 15) is 9.59 Å². The fourth-order valence-corrected chi connectivity index (χ4v) is 4.68. The summed E-state index contributed by atoms with van der Waals surface area (Å²) in [6, 6.07) is 15.6. The molecule has 5 nitrogen and oxygen atoms in total. The second kappa shape index (κ2) is 8.79. The SMILES string of the molecule is Cc1ccc(CNC(=O)C2CCCc3sc(NC(=O)c4ccc(C)cc4)nc32)cc1. The normalized spacial score (nSPS) is 15.3. The van der Waals surface area contributed by atoms with Crippen LogP contribution in [0.4, 0.5) is 5.13 Å². The van der Waals surface area contributed by atoms with E-state index in [0.29, 0.717) is 17.2 Å². The molecule has 1 unspecified atom stereocenters. The lowest BCUT2D eigenvalue weighted by molar-refractivity contribution is -0.123. The summed E-state index contributed by atoms with van der Waals surface area (Å²) in [5, 5.41) is 6.50. The number of aromatic nitrogens is 1. The van der Waals surface area contributed by atoms with Crippen LogP contribution in [0.2, 0.25) is 0 Å². The van der Waals surface area contributed by atoms with E-state index in [-0.39, 0.29) is 17.7 Å². The van der Waals surface area contributed by atoms with Gasteiger partial charge in [0.15, 0.2) is 5.13 Å². The Morgan fingerprint density at radius 1 is 1.03 bits per heavy atom. The Labute approximate surface area is 180 Å². The second-order valence-electron chi connectivity index (χ2n) is 7.80. The predicted octanol–water partition coefficient (Wildman–Crippen LogP) is 4.75. The zero-order valence-corrected chi connectivity index (χ0v) is 18.0. The zero-order chi connectivity index (χ0) is 21.1. The summed E-state index contributed by atoms with van der Waals surface area (Å²) in [5.74, 6) is -0.444. The minimum atomic E-state index is -0.263. The van der Waals surface area contributed by atoms with E-state index in [0.717, 1.165) is 41.0 Å². The zero-order valence-electron chi connectivity index (χ0n) is 17.2. The predicted molar refractivity (Wildman–Crippen MR) is 120 cm³/mol. The van der Waals surface area contributed by atoms with E-state index in [4.69, 9.17) is 0 Å². The van der Waals surface area contributed by atoms with Gasteiger partial charge in [-0.15, -0.1) is 11.3 Å². The monoisotopic (exact) mass is 419 g/mol. The summed E-state index contributed by atoms with van der Waals surface area (Å²) >= 11 is 1.48. The van der Waals surface area contributed by atoms with Gasteiger partial charge in [-0.25, -0.2) is 4.98 Å². The Morgan fingerprint density at radius 3 is 2.40 bits per heavy atom. The summed E-state index contributed by atoms with van der Waals surface area (Å²) in [4.78, 5) is 31.1. The van der Waals surface area contributed by atoms with E-state index in [1.165, 1.54) is 16.9 Å². The molecule has 1 aliphatic carbocycles. The van der Waals surface area contributed by atoms with Crippen LogP contribution in [0.25, 0.3) is 0 Å². The number of anilines is 1. The standard InChI is InChI=1S/C24H25N3O2S/c1-15-6-10-17(11-7-15)14-25-23(29)19-4-3-5-20-21(19)26-24(30-20)27-22(28)18-12-8-16(2)9-13-18/h6-13,19H,3-5,14H2,1-2H3,(H,25,29)(H,26,27,28). The maximum absolute atomic E-state index is 12.9. The summed E-state index contributed by atoms with van der Waals surface area (Å²) in [6.45, 7) is 4.54. The van der Waals surface area contributed by atoms with Crippen molar-refractivity contribution in [1.29, 1.82) is 0 Å². The fraction of sp³-hybridized carbons (Fsp3) is 0.292. The molecule has 154 valence electrons. The van der Waals surface area contributed by atoms with Crippen LogP contribution in [0, 0.1) is 13.8 Å². The lowest BCUT2D eigenvalue weighted by Gasteiger charge is -2.20. The van der Waals surface area contributed by atoms with Gasteiger partial charge in [-0.2, -0.15) is 0 Å². The van der Waals surface area contributed by atoms with E-state index in [1.807, 2.05) is 50.2 Å². The van der Waals surface area contributed by atoms with Gasteiger partial charge in [-0.3, -0.25) is 14.9 Å². The van der Waals surface area contributed by atoms with Crippen LogP contribution in [0.5, 0.6) is 0 Å². The molecule has 2 amide bonds. The molecular weight excluding hydrogens is 394 g/mol. The number of benzene rings is 2. The van der Waals surface area contributed by atoms with Crippen LogP contribution in [0.3, 0.4) is 0 Å². The second-order valence-corrected chi connectivity index (χ2v) is 8.88. The van der Waals surface area contributed by atoms with Gasteiger partial charge in [-0.1, -0.05) is 47.5 Å². The topological polar surface area (TPSA) is 71.1 Å². The van der Waals surface area contributed by atoms with Crippen molar-refractivity contribution in [2.45, 2.75) is 45.6 Å². The number of hydrogen-bond donors (Lipinski definition) is 2. The number of carbonyl (C=O) groups excluding carboxylic acids is 2. The van der Waals surface area contributed by atoms with Crippen LogP contribution >= 0.6 is 11.3 Å². The number of nitrogens with one attached hydrogen (secondary N) is 2. The van der Waals surface area contributed by atoms with Gasteiger partial charge >= 0.3 is 0 Å². The Bertz CT molecular complexity index is 1060. The smallest absolute Gasteiger partial charge is 0.257 e. The molecule has 0 radical (unpaired) electrons.